The minimum Gasteiger partial charge on any atom is -0.492 e. The fraction of sp³-hybridized carbons (Fsp3) is 0.409. The van der Waals surface area contributed by atoms with Crippen LogP contribution in [0.1, 0.15) is 26.3 Å². The number of rotatable bonds is 8. The maximum atomic E-state index is 12.8. The molecule has 0 heterocycles. The lowest BCUT2D eigenvalue weighted by Crippen LogP contribution is -2.42. The van der Waals surface area contributed by atoms with Crippen molar-refractivity contribution < 1.29 is 13.2 Å². The molecule has 0 aliphatic rings. The average molecular weight is 561 g/mol. The number of ether oxygens (including phenoxy) is 1. The fourth-order valence-electron chi connectivity index (χ4n) is 2.85. The Labute approximate surface area is 203 Å². The van der Waals surface area contributed by atoms with Gasteiger partial charge in [-0.25, -0.2) is 13.1 Å². The van der Waals surface area contributed by atoms with E-state index >= 15 is 0 Å². The van der Waals surface area contributed by atoms with Crippen LogP contribution >= 0.6 is 24.0 Å². The molecule has 0 saturated heterocycles. The van der Waals surface area contributed by atoms with Crippen LogP contribution in [0.25, 0.3) is 0 Å². The molecule has 0 aliphatic carbocycles. The molecule has 172 valence electrons. The Hall–Kier alpha value is -1.85. The summed E-state index contributed by atoms with van der Waals surface area (Å²) in [7, 11) is -0.0265. The van der Waals surface area contributed by atoms with Crippen LogP contribution in [0.2, 0.25) is 0 Å². The number of para-hydroxylation sites is 1. The fourth-order valence-corrected chi connectivity index (χ4v) is 4.51. The Morgan fingerprint density at radius 2 is 1.68 bits per heavy atom. The van der Waals surface area contributed by atoms with Crippen molar-refractivity contribution in [2.75, 3.05) is 27.2 Å². The highest BCUT2D eigenvalue weighted by molar-refractivity contribution is 14.0. The number of sulfonamides is 1. The number of hydrogen-bond acceptors (Lipinski definition) is 4. The van der Waals surface area contributed by atoms with E-state index in [1.807, 2.05) is 69.1 Å². The number of benzene rings is 2. The van der Waals surface area contributed by atoms with E-state index in [0.717, 1.165) is 5.75 Å². The smallest absolute Gasteiger partial charge is 0.241 e. The number of halogens is 1. The van der Waals surface area contributed by atoms with Gasteiger partial charge in [-0.1, -0.05) is 36.4 Å². The van der Waals surface area contributed by atoms with Gasteiger partial charge in [-0.3, -0.25) is 4.99 Å². The normalized spacial score (nSPS) is 12.1. The summed E-state index contributed by atoms with van der Waals surface area (Å²) in [5.41, 5.74) is 0.110. The predicted molar refractivity (Wildman–Crippen MR) is 137 cm³/mol. The number of nitrogens with one attached hydrogen (secondary N) is 2. The van der Waals surface area contributed by atoms with E-state index in [-0.39, 0.29) is 28.9 Å². The molecular weight excluding hydrogens is 527 g/mol. The van der Waals surface area contributed by atoms with Gasteiger partial charge in [-0.15, -0.1) is 24.0 Å². The maximum absolute atomic E-state index is 12.8. The zero-order chi connectivity index (χ0) is 22.2. The Kier molecular flexibility index (Phi) is 10.7. The van der Waals surface area contributed by atoms with Crippen molar-refractivity contribution in [3.8, 4) is 5.75 Å². The molecule has 0 aliphatic heterocycles. The molecule has 9 heteroatoms. The van der Waals surface area contributed by atoms with E-state index in [0.29, 0.717) is 31.2 Å². The van der Waals surface area contributed by atoms with Gasteiger partial charge in [0.05, 0.1) is 11.4 Å². The predicted octanol–water partition coefficient (Wildman–Crippen LogP) is 3.47. The summed E-state index contributed by atoms with van der Waals surface area (Å²) in [5, 5.41) is 3.24. The first kappa shape index (κ1) is 27.2. The lowest BCUT2D eigenvalue weighted by Gasteiger charge is -2.24. The molecule has 0 aromatic heterocycles. The lowest BCUT2D eigenvalue weighted by atomic mass is 10.1. The van der Waals surface area contributed by atoms with Gasteiger partial charge in [0, 0.05) is 26.2 Å². The molecular formula is C22H33IN4O3S. The van der Waals surface area contributed by atoms with Crippen LogP contribution in [0.3, 0.4) is 0 Å². The van der Waals surface area contributed by atoms with Crippen molar-refractivity contribution in [1.29, 1.82) is 0 Å². The highest BCUT2D eigenvalue weighted by Gasteiger charge is 2.24. The second-order valence-corrected chi connectivity index (χ2v) is 9.60. The van der Waals surface area contributed by atoms with Crippen molar-refractivity contribution in [1.82, 2.24) is 14.9 Å². The highest BCUT2D eigenvalue weighted by Crippen LogP contribution is 2.18. The number of likely N-dealkylation sites (N-methyl/N-ethyl adjacent to an activating group) is 1. The van der Waals surface area contributed by atoms with Crippen molar-refractivity contribution in [2.45, 2.75) is 37.8 Å². The standard InChI is InChI=1S/C22H32N4O3S.HI/c1-22(2,3)25-30(27,28)20-14-10-9-11-18(20)17-24-21(23-4)26(5)15-16-29-19-12-7-6-8-13-19;/h6-14,25H,15-17H2,1-5H3,(H,23,24);1H. The molecule has 2 aromatic carbocycles. The quantitative estimate of drug-likeness (QED) is 0.294. The van der Waals surface area contributed by atoms with Gasteiger partial charge in [0.2, 0.25) is 10.0 Å². The number of nitrogens with zero attached hydrogens (tertiary/aromatic N) is 2. The molecule has 0 unspecified atom stereocenters. The van der Waals surface area contributed by atoms with Gasteiger partial charge in [-0.2, -0.15) is 0 Å². The summed E-state index contributed by atoms with van der Waals surface area (Å²) in [6.45, 7) is 6.92. The summed E-state index contributed by atoms with van der Waals surface area (Å²) in [6, 6.07) is 16.6. The zero-order valence-electron chi connectivity index (χ0n) is 18.8. The minimum atomic E-state index is -3.63. The molecule has 2 aromatic rings. The molecule has 0 radical (unpaired) electrons. The summed E-state index contributed by atoms with van der Waals surface area (Å²) in [4.78, 5) is 6.49. The molecule has 0 bridgehead atoms. The molecule has 7 nitrogen and oxygen atoms in total. The largest absolute Gasteiger partial charge is 0.492 e. The topological polar surface area (TPSA) is 83.0 Å². The third-order valence-electron chi connectivity index (χ3n) is 4.15. The summed E-state index contributed by atoms with van der Waals surface area (Å²) in [5.74, 6) is 1.47. The van der Waals surface area contributed by atoms with Crippen LogP contribution in [0.4, 0.5) is 0 Å². The third-order valence-corrected chi connectivity index (χ3v) is 6.01. The van der Waals surface area contributed by atoms with Crippen molar-refractivity contribution in [3.63, 3.8) is 0 Å². The lowest BCUT2D eigenvalue weighted by molar-refractivity contribution is 0.281. The van der Waals surface area contributed by atoms with Crippen molar-refractivity contribution in [2.24, 2.45) is 4.99 Å². The molecule has 31 heavy (non-hydrogen) atoms. The average Bonchev–Trinajstić information content (AvgIpc) is 2.68. The van der Waals surface area contributed by atoms with E-state index in [4.69, 9.17) is 4.74 Å². The molecule has 0 amide bonds. The van der Waals surface area contributed by atoms with Gasteiger partial charge in [-0.05, 0) is 44.5 Å². The first-order valence-electron chi connectivity index (χ1n) is 9.84. The number of guanidine groups is 1. The minimum absolute atomic E-state index is 0. The zero-order valence-corrected chi connectivity index (χ0v) is 21.9. The molecule has 0 saturated carbocycles. The van der Waals surface area contributed by atoms with Gasteiger partial charge in [0.1, 0.15) is 12.4 Å². The third kappa shape index (κ3) is 9.04. The monoisotopic (exact) mass is 560 g/mol. The van der Waals surface area contributed by atoms with E-state index in [1.54, 1.807) is 25.2 Å². The Morgan fingerprint density at radius 1 is 1.06 bits per heavy atom. The number of aliphatic imine (C=N–C) groups is 1. The van der Waals surface area contributed by atoms with E-state index in [2.05, 4.69) is 15.0 Å². The van der Waals surface area contributed by atoms with Gasteiger partial charge < -0.3 is 15.0 Å². The van der Waals surface area contributed by atoms with Gasteiger partial charge >= 0.3 is 0 Å². The van der Waals surface area contributed by atoms with E-state index in [9.17, 15) is 8.42 Å². The maximum Gasteiger partial charge on any atom is 0.241 e. The summed E-state index contributed by atoms with van der Waals surface area (Å²) < 4.78 is 34.0. The highest BCUT2D eigenvalue weighted by atomic mass is 127. The molecule has 0 spiro atoms. The van der Waals surface area contributed by atoms with Crippen LogP contribution in [0.5, 0.6) is 5.75 Å². The second-order valence-electron chi connectivity index (χ2n) is 7.95. The Bertz CT molecular complexity index is 945. The van der Waals surface area contributed by atoms with Crippen LogP contribution in [0, 0.1) is 0 Å². The molecule has 2 N–H and O–H groups in total. The van der Waals surface area contributed by atoms with Crippen LogP contribution in [0.15, 0.2) is 64.5 Å². The van der Waals surface area contributed by atoms with Crippen LogP contribution in [-0.4, -0.2) is 52.1 Å². The summed E-state index contributed by atoms with van der Waals surface area (Å²) in [6.07, 6.45) is 0. The van der Waals surface area contributed by atoms with Crippen LogP contribution < -0.4 is 14.8 Å². The molecule has 0 atom stereocenters. The van der Waals surface area contributed by atoms with Crippen molar-refractivity contribution in [3.05, 3.63) is 60.2 Å². The first-order valence-corrected chi connectivity index (χ1v) is 11.3. The van der Waals surface area contributed by atoms with Crippen molar-refractivity contribution >= 4 is 40.0 Å². The van der Waals surface area contributed by atoms with Crippen LogP contribution in [-0.2, 0) is 16.6 Å². The number of hydrogen-bond donors (Lipinski definition) is 2. The Balaban J connectivity index is 0.00000480. The van der Waals surface area contributed by atoms with E-state index in [1.165, 1.54) is 0 Å². The summed E-state index contributed by atoms with van der Waals surface area (Å²) >= 11 is 0. The first-order chi connectivity index (χ1) is 14.1. The van der Waals surface area contributed by atoms with E-state index < -0.39 is 15.6 Å². The van der Waals surface area contributed by atoms with Gasteiger partial charge in [0.25, 0.3) is 0 Å². The second kappa shape index (κ2) is 12.3. The van der Waals surface area contributed by atoms with Gasteiger partial charge in [0.15, 0.2) is 5.96 Å². The Morgan fingerprint density at radius 3 is 2.29 bits per heavy atom. The molecule has 2 rings (SSSR count). The SMILES string of the molecule is CN=C(NCc1ccccc1S(=O)(=O)NC(C)(C)C)N(C)CCOc1ccccc1.I. The molecule has 0 fully saturated rings.